The number of piperidine rings is 1. The predicted octanol–water partition coefficient (Wildman–Crippen LogP) is 5.12. The Kier molecular flexibility index (Phi) is 8.32. The standard InChI is InChI=1S/C28H32F5N3O4S/c29-27(30)9-12-35(13-10-27)18-19-6-7-23-24(8-14-40-25(23)15-19)34-26(37)17-21-4-2-11-36(21)41(38,39)22-5-1-3-20(16-22)28(31,32)33/h1,3,5-7,15-16,21,24H,2,4,8-14,17-18H2,(H,34,37)/t21?,24-/m1/s1. The quantitative estimate of drug-likeness (QED) is 0.446. The van der Waals surface area contributed by atoms with Crippen LogP contribution in [0.1, 0.15) is 61.3 Å². The summed E-state index contributed by atoms with van der Waals surface area (Å²) in [5.74, 6) is -2.37. The first-order valence-electron chi connectivity index (χ1n) is 13.7. The van der Waals surface area contributed by atoms with E-state index >= 15 is 0 Å². The lowest BCUT2D eigenvalue weighted by Crippen LogP contribution is -2.40. The van der Waals surface area contributed by atoms with Crippen molar-refractivity contribution in [3.63, 3.8) is 0 Å². The van der Waals surface area contributed by atoms with Crippen molar-refractivity contribution in [1.82, 2.24) is 14.5 Å². The number of fused-ring (bicyclic) bond motifs is 1. The number of amides is 1. The van der Waals surface area contributed by atoms with Crippen LogP contribution in [0.2, 0.25) is 0 Å². The topological polar surface area (TPSA) is 79.0 Å². The van der Waals surface area contributed by atoms with E-state index < -0.39 is 38.6 Å². The van der Waals surface area contributed by atoms with Crippen LogP contribution in [0.4, 0.5) is 22.0 Å². The zero-order valence-corrected chi connectivity index (χ0v) is 23.1. The summed E-state index contributed by atoms with van der Waals surface area (Å²) in [6, 6.07) is 8.21. The Morgan fingerprint density at radius 3 is 2.54 bits per heavy atom. The van der Waals surface area contributed by atoms with Gasteiger partial charge in [0.1, 0.15) is 5.75 Å². The van der Waals surface area contributed by atoms with E-state index in [2.05, 4.69) is 5.32 Å². The van der Waals surface area contributed by atoms with E-state index in [1.165, 1.54) is 0 Å². The average molecular weight is 602 g/mol. The predicted molar refractivity (Wildman–Crippen MR) is 140 cm³/mol. The number of nitrogens with one attached hydrogen (secondary N) is 1. The Morgan fingerprint density at radius 2 is 1.80 bits per heavy atom. The molecule has 0 bridgehead atoms. The molecule has 2 aromatic carbocycles. The van der Waals surface area contributed by atoms with Gasteiger partial charge >= 0.3 is 6.18 Å². The van der Waals surface area contributed by atoms with Crippen LogP contribution in [0, 0.1) is 0 Å². The van der Waals surface area contributed by atoms with Crippen LogP contribution in [0.25, 0.3) is 0 Å². The highest BCUT2D eigenvalue weighted by atomic mass is 32.2. The number of halogens is 5. The molecule has 2 atom stereocenters. The molecule has 1 unspecified atom stereocenters. The SMILES string of the molecule is O=C(CC1CCCN1S(=O)(=O)c1cccc(C(F)(F)F)c1)N[C@@H]1CCOc2cc(CN3CCC(F)(F)CC3)ccc21. The van der Waals surface area contributed by atoms with Gasteiger partial charge in [0.2, 0.25) is 15.9 Å². The first kappa shape index (κ1) is 29.7. The Morgan fingerprint density at radius 1 is 1.05 bits per heavy atom. The summed E-state index contributed by atoms with van der Waals surface area (Å²) in [4.78, 5) is 14.6. The van der Waals surface area contributed by atoms with Crippen molar-refractivity contribution in [2.75, 3.05) is 26.2 Å². The molecule has 0 saturated carbocycles. The molecule has 3 aliphatic heterocycles. The number of hydrogen-bond acceptors (Lipinski definition) is 5. The summed E-state index contributed by atoms with van der Waals surface area (Å²) in [5, 5.41) is 2.97. The largest absolute Gasteiger partial charge is 0.493 e. The summed E-state index contributed by atoms with van der Waals surface area (Å²) in [6.45, 7) is 1.61. The molecule has 0 radical (unpaired) electrons. The Hall–Kier alpha value is -2.77. The monoisotopic (exact) mass is 601 g/mol. The summed E-state index contributed by atoms with van der Waals surface area (Å²) in [5.41, 5.74) is 0.645. The third-order valence-corrected chi connectivity index (χ3v) is 9.91. The fourth-order valence-corrected chi connectivity index (χ4v) is 7.48. The van der Waals surface area contributed by atoms with E-state index in [1.54, 1.807) is 0 Å². The molecule has 2 aromatic rings. The normalized spacial score (nSPS) is 23.5. The lowest BCUT2D eigenvalue weighted by atomic mass is 9.97. The van der Waals surface area contributed by atoms with E-state index in [0.717, 1.165) is 33.6 Å². The molecule has 2 saturated heterocycles. The molecule has 13 heteroatoms. The van der Waals surface area contributed by atoms with Crippen LogP contribution in [0.15, 0.2) is 47.4 Å². The minimum Gasteiger partial charge on any atom is -0.493 e. The van der Waals surface area contributed by atoms with Gasteiger partial charge in [-0.1, -0.05) is 18.2 Å². The van der Waals surface area contributed by atoms with E-state index in [9.17, 15) is 35.2 Å². The van der Waals surface area contributed by atoms with Gasteiger partial charge in [0.05, 0.1) is 23.1 Å². The number of nitrogens with zero attached hydrogens (tertiary/aromatic N) is 2. The molecule has 5 rings (SSSR count). The molecule has 3 aliphatic rings. The van der Waals surface area contributed by atoms with Crippen molar-refractivity contribution in [3.05, 3.63) is 59.2 Å². The second kappa shape index (κ2) is 11.5. The van der Waals surface area contributed by atoms with Gasteiger partial charge in [-0.3, -0.25) is 9.69 Å². The van der Waals surface area contributed by atoms with Crippen LogP contribution in [-0.2, 0) is 27.5 Å². The molecule has 3 heterocycles. The Labute approximate surface area is 235 Å². The molecule has 1 N–H and O–H groups in total. The third kappa shape index (κ3) is 6.83. The fraction of sp³-hybridized carbons (Fsp3) is 0.536. The number of carbonyl (C=O) groups is 1. The molecular formula is C28H32F5N3O4S. The summed E-state index contributed by atoms with van der Waals surface area (Å²) >= 11 is 0. The maximum atomic E-state index is 13.5. The highest BCUT2D eigenvalue weighted by molar-refractivity contribution is 7.89. The number of sulfonamides is 1. The minimum absolute atomic E-state index is 0.119. The fourth-order valence-electron chi connectivity index (χ4n) is 5.74. The molecule has 41 heavy (non-hydrogen) atoms. The number of benzene rings is 2. The van der Waals surface area contributed by atoms with Crippen molar-refractivity contribution in [2.45, 2.75) is 74.1 Å². The second-order valence-electron chi connectivity index (χ2n) is 10.9. The van der Waals surface area contributed by atoms with Crippen LogP contribution < -0.4 is 10.1 Å². The molecule has 2 fully saturated rings. The number of rotatable bonds is 7. The van der Waals surface area contributed by atoms with E-state index in [0.29, 0.717) is 57.3 Å². The van der Waals surface area contributed by atoms with E-state index in [4.69, 9.17) is 4.74 Å². The number of likely N-dealkylation sites (tertiary alicyclic amines) is 1. The number of alkyl halides is 5. The maximum absolute atomic E-state index is 13.5. The van der Waals surface area contributed by atoms with Gasteiger partial charge in [-0.2, -0.15) is 17.5 Å². The zero-order valence-electron chi connectivity index (χ0n) is 22.3. The highest BCUT2D eigenvalue weighted by Crippen LogP contribution is 2.36. The Balaban J connectivity index is 1.22. The molecule has 0 spiro atoms. The van der Waals surface area contributed by atoms with Crippen LogP contribution >= 0.6 is 0 Å². The molecule has 224 valence electrons. The molecule has 7 nitrogen and oxygen atoms in total. The highest BCUT2D eigenvalue weighted by Gasteiger charge is 2.39. The van der Waals surface area contributed by atoms with Crippen LogP contribution in [0.5, 0.6) is 5.75 Å². The van der Waals surface area contributed by atoms with Gasteiger partial charge in [-0.15, -0.1) is 0 Å². The lowest BCUT2D eigenvalue weighted by molar-refractivity contribution is -0.137. The molecular weight excluding hydrogens is 569 g/mol. The summed E-state index contributed by atoms with van der Waals surface area (Å²) < 4.78 is 99.9. The smallest absolute Gasteiger partial charge is 0.416 e. The van der Waals surface area contributed by atoms with Crippen LogP contribution in [0.3, 0.4) is 0 Å². The van der Waals surface area contributed by atoms with Crippen molar-refractivity contribution in [1.29, 1.82) is 0 Å². The first-order chi connectivity index (χ1) is 19.3. The number of ether oxygens (including phenoxy) is 1. The van der Waals surface area contributed by atoms with Crippen molar-refractivity contribution in [3.8, 4) is 5.75 Å². The van der Waals surface area contributed by atoms with Gasteiger partial charge in [0.15, 0.2) is 0 Å². The van der Waals surface area contributed by atoms with Gasteiger partial charge < -0.3 is 10.1 Å². The van der Waals surface area contributed by atoms with Crippen molar-refractivity contribution >= 4 is 15.9 Å². The van der Waals surface area contributed by atoms with Gasteiger partial charge in [-0.25, -0.2) is 17.2 Å². The summed E-state index contributed by atoms with van der Waals surface area (Å²) in [7, 11) is -4.23. The summed E-state index contributed by atoms with van der Waals surface area (Å²) in [6.07, 6.45) is -3.71. The van der Waals surface area contributed by atoms with Gasteiger partial charge in [0, 0.05) is 63.5 Å². The van der Waals surface area contributed by atoms with Gasteiger partial charge in [-0.05, 0) is 42.7 Å². The van der Waals surface area contributed by atoms with Crippen LogP contribution in [-0.4, -0.2) is 61.7 Å². The molecule has 0 aliphatic carbocycles. The van der Waals surface area contributed by atoms with Crippen molar-refractivity contribution < 1.29 is 39.9 Å². The van der Waals surface area contributed by atoms with E-state index in [-0.39, 0.29) is 37.8 Å². The van der Waals surface area contributed by atoms with Gasteiger partial charge in [0.25, 0.3) is 5.92 Å². The second-order valence-corrected chi connectivity index (χ2v) is 12.8. The average Bonchev–Trinajstić information content (AvgIpc) is 3.38. The number of hydrogen-bond donors (Lipinski definition) is 1. The lowest BCUT2D eigenvalue weighted by Gasteiger charge is -2.32. The minimum atomic E-state index is -4.68. The Bertz CT molecular complexity index is 1380. The maximum Gasteiger partial charge on any atom is 0.416 e. The third-order valence-electron chi connectivity index (χ3n) is 7.96. The first-order valence-corrected chi connectivity index (χ1v) is 15.1. The van der Waals surface area contributed by atoms with E-state index in [1.807, 2.05) is 23.1 Å². The zero-order chi connectivity index (χ0) is 29.4. The molecule has 0 aromatic heterocycles. The number of carbonyl (C=O) groups excluding carboxylic acids is 1. The van der Waals surface area contributed by atoms with Crippen molar-refractivity contribution in [2.24, 2.45) is 0 Å². The molecule has 1 amide bonds.